The lowest BCUT2D eigenvalue weighted by Gasteiger charge is -2.06. The number of nitrogens with one attached hydrogen (secondary N) is 1. The Hall–Kier alpha value is -0.680. The van der Waals surface area contributed by atoms with E-state index < -0.39 is 0 Å². The Morgan fingerprint density at radius 3 is 2.46 bits per heavy atom. The van der Waals surface area contributed by atoms with Gasteiger partial charge >= 0.3 is 0 Å². The molecule has 3 aromatic rings. The Morgan fingerprint density at radius 2 is 1.73 bits per heavy atom. The van der Waals surface area contributed by atoms with Crippen LogP contribution in [0.4, 0.5) is 0 Å². The van der Waals surface area contributed by atoms with Crippen LogP contribution in [0.15, 0.2) is 57.4 Å². The van der Waals surface area contributed by atoms with Gasteiger partial charge in [0.2, 0.25) is 0 Å². The molecule has 0 saturated heterocycles. The summed E-state index contributed by atoms with van der Waals surface area (Å²) in [6, 6.07) is 15.2. The van der Waals surface area contributed by atoms with Gasteiger partial charge in [-0.25, -0.2) is 0 Å². The number of rotatable bonds is 6. The first-order valence-electron chi connectivity index (χ1n) is 7.72. The van der Waals surface area contributed by atoms with Crippen molar-refractivity contribution in [3.63, 3.8) is 0 Å². The Labute approximate surface area is 182 Å². The maximum absolute atomic E-state index is 6.27. The van der Waals surface area contributed by atoms with Crippen LogP contribution in [0, 0.1) is 0 Å². The van der Waals surface area contributed by atoms with E-state index in [1.54, 1.807) is 6.07 Å². The van der Waals surface area contributed by atoms with Crippen molar-refractivity contribution in [1.82, 2.24) is 5.32 Å². The van der Waals surface area contributed by atoms with Crippen LogP contribution in [-0.2, 0) is 13.0 Å². The minimum absolute atomic E-state index is 0. The average molecular weight is 496 g/mol. The molecule has 0 aliphatic rings. The zero-order valence-electron chi connectivity index (χ0n) is 13.6. The normalized spacial score (nSPS) is 10.6. The lowest BCUT2D eigenvalue weighted by Crippen LogP contribution is -2.16. The van der Waals surface area contributed by atoms with Crippen molar-refractivity contribution >= 4 is 63.1 Å². The van der Waals surface area contributed by atoms with Gasteiger partial charge in [0.05, 0.1) is 11.6 Å². The zero-order chi connectivity index (χ0) is 17.8. The summed E-state index contributed by atoms with van der Waals surface area (Å²) in [7, 11) is 0. The smallest absolute Gasteiger partial charge is 0.135 e. The summed E-state index contributed by atoms with van der Waals surface area (Å²) < 4.78 is 6.82. The largest absolute Gasteiger partial charge is 0.460 e. The van der Waals surface area contributed by atoms with Crippen LogP contribution < -0.4 is 5.32 Å². The summed E-state index contributed by atoms with van der Waals surface area (Å²) in [6.45, 7) is 1.43. The molecule has 0 bridgehead atoms. The predicted molar refractivity (Wildman–Crippen MR) is 116 cm³/mol. The van der Waals surface area contributed by atoms with Crippen molar-refractivity contribution < 1.29 is 4.42 Å². The van der Waals surface area contributed by atoms with Gasteiger partial charge in [-0.15, -0.1) is 12.4 Å². The van der Waals surface area contributed by atoms with Gasteiger partial charge in [0.25, 0.3) is 0 Å². The summed E-state index contributed by atoms with van der Waals surface area (Å²) in [5.74, 6) is 1.62. The maximum Gasteiger partial charge on any atom is 0.135 e. The monoisotopic (exact) mass is 493 g/mol. The van der Waals surface area contributed by atoms with Crippen molar-refractivity contribution in [2.45, 2.75) is 13.0 Å². The first kappa shape index (κ1) is 21.6. The Bertz CT molecular complexity index is 882. The van der Waals surface area contributed by atoms with Crippen molar-refractivity contribution in [2.24, 2.45) is 0 Å². The number of hydrogen-bond donors (Lipinski definition) is 1. The molecule has 0 atom stereocenters. The highest BCUT2D eigenvalue weighted by Gasteiger charge is 2.09. The third-order valence-electron chi connectivity index (χ3n) is 3.74. The predicted octanol–water partition coefficient (Wildman–Crippen LogP) is 7.42. The molecule has 1 heterocycles. The summed E-state index contributed by atoms with van der Waals surface area (Å²) in [5.41, 5.74) is 1.95. The molecule has 7 heteroatoms. The SMILES string of the molecule is Cl.Clc1ccc(CCNCc2ccc(-c3ccc(Br)cc3Cl)o2)c(Cl)c1. The molecule has 0 aliphatic carbocycles. The van der Waals surface area contributed by atoms with Gasteiger partial charge in [-0.3, -0.25) is 0 Å². The molecule has 0 saturated carbocycles. The van der Waals surface area contributed by atoms with Crippen LogP contribution in [0.3, 0.4) is 0 Å². The molecule has 0 unspecified atom stereocenters. The number of halogens is 5. The summed E-state index contributed by atoms with van der Waals surface area (Å²) in [5, 5.41) is 5.35. The molecule has 2 aromatic carbocycles. The number of hydrogen-bond acceptors (Lipinski definition) is 2. The summed E-state index contributed by atoms with van der Waals surface area (Å²) >= 11 is 21.8. The molecule has 26 heavy (non-hydrogen) atoms. The topological polar surface area (TPSA) is 25.2 Å². The second-order valence-corrected chi connectivity index (χ2v) is 7.72. The standard InChI is InChI=1S/C19H15BrCl3NO.ClH/c20-13-2-5-16(18(23)9-13)19-6-4-15(25-19)11-24-8-7-12-1-3-14(21)10-17(12)22;/h1-6,9-10,24H,7-8,11H2;1H. The fourth-order valence-electron chi connectivity index (χ4n) is 2.47. The lowest BCUT2D eigenvalue weighted by molar-refractivity contribution is 0.495. The molecule has 0 radical (unpaired) electrons. The molecule has 0 amide bonds. The van der Waals surface area contributed by atoms with E-state index >= 15 is 0 Å². The van der Waals surface area contributed by atoms with E-state index in [1.165, 1.54) is 0 Å². The summed E-state index contributed by atoms with van der Waals surface area (Å²) in [4.78, 5) is 0. The van der Waals surface area contributed by atoms with Crippen LogP contribution in [0.1, 0.15) is 11.3 Å². The molecule has 1 N–H and O–H groups in total. The van der Waals surface area contributed by atoms with Crippen molar-refractivity contribution in [3.05, 3.63) is 79.4 Å². The van der Waals surface area contributed by atoms with E-state index in [0.29, 0.717) is 21.6 Å². The highest BCUT2D eigenvalue weighted by Crippen LogP contribution is 2.31. The molecular formula is C19H16BrCl4NO. The quantitative estimate of drug-likeness (QED) is 0.360. The molecule has 0 aliphatic heterocycles. The molecule has 2 nitrogen and oxygen atoms in total. The minimum Gasteiger partial charge on any atom is -0.460 e. The first-order chi connectivity index (χ1) is 12.0. The molecule has 138 valence electrons. The number of furan rings is 1. The van der Waals surface area contributed by atoms with Gasteiger partial charge < -0.3 is 9.73 Å². The van der Waals surface area contributed by atoms with Crippen molar-refractivity contribution in [1.29, 1.82) is 0 Å². The van der Waals surface area contributed by atoms with Crippen LogP contribution in [-0.4, -0.2) is 6.54 Å². The van der Waals surface area contributed by atoms with Crippen LogP contribution >= 0.6 is 63.1 Å². The highest BCUT2D eigenvalue weighted by molar-refractivity contribution is 9.10. The van der Waals surface area contributed by atoms with E-state index in [0.717, 1.165) is 40.1 Å². The van der Waals surface area contributed by atoms with Crippen molar-refractivity contribution in [3.8, 4) is 11.3 Å². The van der Waals surface area contributed by atoms with Gasteiger partial charge in [0, 0.05) is 20.1 Å². The van der Waals surface area contributed by atoms with Gasteiger partial charge in [0.1, 0.15) is 11.5 Å². The highest BCUT2D eigenvalue weighted by atomic mass is 79.9. The molecule has 0 fully saturated rings. The number of benzene rings is 2. The average Bonchev–Trinajstić information content (AvgIpc) is 3.02. The molecule has 1 aromatic heterocycles. The van der Waals surface area contributed by atoms with E-state index in [9.17, 15) is 0 Å². The third-order valence-corrected chi connectivity index (χ3v) is 5.14. The Kier molecular flexibility index (Phi) is 8.34. The molecular weight excluding hydrogens is 480 g/mol. The van der Waals surface area contributed by atoms with Gasteiger partial charge in [-0.05, 0) is 61.0 Å². The summed E-state index contributed by atoms with van der Waals surface area (Å²) in [6.07, 6.45) is 0.822. The van der Waals surface area contributed by atoms with E-state index in [-0.39, 0.29) is 12.4 Å². The minimum atomic E-state index is 0. The Balaban J connectivity index is 0.00000243. The second kappa shape index (κ2) is 10.0. The third kappa shape index (κ3) is 5.66. The zero-order valence-corrected chi connectivity index (χ0v) is 18.2. The van der Waals surface area contributed by atoms with E-state index in [1.807, 2.05) is 42.5 Å². The van der Waals surface area contributed by atoms with Crippen molar-refractivity contribution in [2.75, 3.05) is 6.54 Å². The molecule has 0 spiro atoms. The van der Waals surface area contributed by atoms with Gasteiger partial charge in [0.15, 0.2) is 0 Å². The lowest BCUT2D eigenvalue weighted by atomic mass is 10.1. The van der Waals surface area contributed by atoms with Gasteiger partial charge in [-0.1, -0.05) is 56.8 Å². The van der Waals surface area contributed by atoms with Crippen LogP contribution in [0.2, 0.25) is 15.1 Å². The van der Waals surface area contributed by atoms with E-state index in [4.69, 9.17) is 39.2 Å². The fraction of sp³-hybridized carbons (Fsp3) is 0.158. The van der Waals surface area contributed by atoms with E-state index in [2.05, 4.69) is 21.2 Å². The fourth-order valence-corrected chi connectivity index (χ4v) is 3.74. The Morgan fingerprint density at radius 1 is 0.923 bits per heavy atom. The second-order valence-electron chi connectivity index (χ2n) is 5.55. The van der Waals surface area contributed by atoms with Crippen LogP contribution in [0.5, 0.6) is 0 Å². The van der Waals surface area contributed by atoms with Gasteiger partial charge in [-0.2, -0.15) is 0 Å². The molecule has 3 rings (SSSR count). The first-order valence-corrected chi connectivity index (χ1v) is 9.64. The van der Waals surface area contributed by atoms with Crippen LogP contribution in [0.25, 0.3) is 11.3 Å². The maximum atomic E-state index is 6.27.